The van der Waals surface area contributed by atoms with E-state index in [1.807, 2.05) is 12.3 Å². The quantitative estimate of drug-likeness (QED) is 0.228. The SMILES string of the molecule is CN=C(NCCCc1nc(C)cs1)NCC1CCN(S(=O)(=O)C(F)(F)F)CC1.I. The number of piperidine rings is 1. The summed E-state index contributed by atoms with van der Waals surface area (Å²) in [6.07, 6.45) is 2.54. The maximum atomic E-state index is 12.6. The van der Waals surface area contributed by atoms with Crippen molar-refractivity contribution < 1.29 is 21.6 Å². The summed E-state index contributed by atoms with van der Waals surface area (Å²) in [4.78, 5) is 8.55. The minimum Gasteiger partial charge on any atom is -0.356 e. The van der Waals surface area contributed by atoms with Crippen LogP contribution in [0, 0.1) is 12.8 Å². The van der Waals surface area contributed by atoms with Crippen molar-refractivity contribution in [3.05, 3.63) is 16.1 Å². The number of nitrogens with zero attached hydrogens (tertiary/aromatic N) is 3. The highest BCUT2D eigenvalue weighted by Crippen LogP contribution is 2.30. The average Bonchev–Trinajstić information content (AvgIpc) is 3.05. The highest BCUT2D eigenvalue weighted by atomic mass is 127. The second kappa shape index (κ2) is 11.6. The van der Waals surface area contributed by atoms with E-state index in [2.05, 4.69) is 20.6 Å². The second-order valence-corrected chi connectivity index (χ2v) is 9.53. The lowest BCUT2D eigenvalue weighted by Crippen LogP contribution is -2.47. The second-order valence-electron chi connectivity index (χ2n) is 6.66. The van der Waals surface area contributed by atoms with Crippen molar-refractivity contribution in [3.63, 3.8) is 0 Å². The molecule has 0 atom stereocenters. The fourth-order valence-electron chi connectivity index (χ4n) is 2.93. The lowest BCUT2D eigenvalue weighted by atomic mass is 9.98. The van der Waals surface area contributed by atoms with Crippen LogP contribution < -0.4 is 10.6 Å². The van der Waals surface area contributed by atoms with E-state index in [1.54, 1.807) is 18.4 Å². The number of sulfonamides is 1. The van der Waals surface area contributed by atoms with Crippen molar-refractivity contribution in [1.29, 1.82) is 0 Å². The summed E-state index contributed by atoms with van der Waals surface area (Å²) in [5.41, 5.74) is -4.21. The molecule has 1 aromatic rings. The van der Waals surface area contributed by atoms with Crippen molar-refractivity contribution in [2.75, 3.05) is 33.2 Å². The molecule has 7 nitrogen and oxygen atoms in total. The molecule has 0 aromatic carbocycles. The first-order valence-corrected chi connectivity index (χ1v) is 11.4. The van der Waals surface area contributed by atoms with Crippen molar-refractivity contribution >= 4 is 51.3 Å². The van der Waals surface area contributed by atoms with Gasteiger partial charge in [-0.05, 0) is 32.1 Å². The standard InChI is InChI=1S/C16H26F3N5O2S2.HI/c1-12-11-27-14(23-12)4-3-7-21-15(20-2)22-10-13-5-8-24(9-6-13)28(25,26)16(17,18)19;/h11,13H,3-10H2,1-2H3,(H2,20,21,22);1H. The van der Waals surface area contributed by atoms with E-state index in [1.165, 1.54) is 0 Å². The Labute approximate surface area is 190 Å². The normalized spacial score (nSPS) is 17.1. The van der Waals surface area contributed by atoms with Crippen LogP contribution in [-0.2, 0) is 16.4 Å². The summed E-state index contributed by atoms with van der Waals surface area (Å²) < 4.78 is 61.2. The maximum absolute atomic E-state index is 12.6. The number of aryl methyl sites for hydroxylation is 2. The number of thiazole rings is 1. The molecule has 0 aliphatic carbocycles. The van der Waals surface area contributed by atoms with Gasteiger partial charge in [0.05, 0.1) is 5.01 Å². The summed E-state index contributed by atoms with van der Waals surface area (Å²) in [5.74, 6) is 0.720. The molecule has 2 N–H and O–H groups in total. The van der Waals surface area contributed by atoms with Crippen LogP contribution in [0.3, 0.4) is 0 Å². The predicted octanol–water partition coefficient (Wildman–Crippen LogP) is 2.73. The van der Waals surface area contributed by atoms with Gasteiger partial charge in [-0.1, -0.05) is 0 Å². The highest BCUT2D eigenvalue weighted by Gasteiger charge is 2.50. The molecule has 1 saturated heterocycles. The first-order valence-electron chi connectivity index (χ1n) is 9.05. The van der Waals surface area contributed by atoms with Gasteiger partial charge in [0.1, 0.15) is 0 Å². The van der Waals surface area contributed by atoms with Crippen molar-refractivity contribution in [1.82, 2.24) is 19.9 Å². The summed E-state index contributed by atoms with van der Waals surface area (Å²) in [7, 11) is -3.57. The summed E-state index contributed by atoms with van der Waals surface area (Å²) in [6, 6.07) is 0. The fraction of sp³-hybridized carbons (Fsp3) is 0.750. The van der Waals surface area contributed by atoms with Crippen molar-refractivity contribution in [2.24, 2.45) is 10.9 Å². The lowest BCUT2D eigenvalue weighted by Gasteiger charge is -2.31. The molecule has 0 saturated carbocycles. The molecule has 0 amide bonds. The predicted molar refractivity (Wildman–Crippen MR) is 119 cm³/mol. The Morgan fingerprint density at radius 2 is 2.00 bits per heavy atom. The lowest BCUT2D eigenvalue weighted by molar-refractivity contribution is -0.0496. The van der Waals surface area contributed by atoms with Gasteiger partial charge in [0.25, 0.3) is 0 Å². The van der Waals surface area contributed by atoms with Crippen molar-refractivity contribution in [3.8, 4) is 0 Å². The van der Waals surface area contributed by atoms with Gasteiger partial charge in [-0.3, -0.25) is 4.99 Å². The summed E-state index contributed by atoms with van der Waals surface area (Å²) >= 11 is 1.64. The van der Waals surface area contributed by atoms with E-state index >= 15 is 0 Å². The third kappa shape index (κ3) is 7.83. The van der Waals surface area contributed by atoms with Crippen LogP contribution in [0.2, 0.25) is 0 Å². The van der Waals surface area contributed by atoms with Crippen LogP contribution in [0.1, 0.15) is 30.0 Å². The minimum atomic E-state index is -5.23. The van der Waals surface area contributed by atoms with Gasteiger partial charge in [-0.25, -0.2) is 13.4 Å². The van der Waals surface area contributed by atoms with E-state index in [9.17, 15) is 21.6 Å². The Morgan fingerprint density at radius 1 is 1.34 bits per heavy atom. The average molecular weight is 569 g/mol. The Kier molecular flexibility index (Phi) is 10.6. The topological polar surface area (TPSA) is 86.7 Å². The van der Waals surface area contributed by atoms with Crippen LogP contribution in [0.4, 0.5) is 13.2 Å². The number of hydrogen-bond donors (Lipinski definition) is 2. The van der Waals surface area contributed by atoms with Crippen LogP contribution in [0.15, 0.2) is 10.4 Å². The molecule has 1 aliphatic rings. The molecule has 29 heavy (non-hydrogen) atoms. The van der Waals surface area contributed by atoms with E-state index in [4.69, 9.17) is 0 Å². The number of aliphatic imine (C=N–C) groups is 1. The number of alkyl halides is 3. The summed E-state index contributed by atoms with van der Waals surface area (Å²) in [5, 5.41) is 9.48. The van der Waals surface area contributed by atoms with Gasteiger partial charge < -0.3 is 10.6 Å². The Hall–Kier alpha value is -0.670. The Balaban J connectivity index is 0.00000420. The highest BCUT2D eigenvalue weighted by molar-refractivity contribution is 14.0. The molecule has 2 rings (SSSR count). The molecule has 168 valence electrons. The zero-order chi connectivity index (χ0) is 20.8. The molecule has 2 heterocycles. The van der Waals surface area contributed by atoms with Crippen LogP contribution >= 0.6 is 35.3 Å². The minimum absolute atomic E-state index is 0. The van der Waals surface area contributed by atoms with Gasteiger partial charge in [-0.15, -0.1) is 35.3 Å². The van der Waals surface area contributed by atoms with Crippen LogP contribution in [-0.4, -0.2) is 62.4 Å². The monoisotopic (exact) mass is 569 g/mol. The van der Waals surface area contributed by atoms with E-state index < -0.39 is 15.5 Å². The van der Waals surface area contributed by atoms with Gasteiger partial charge >= 0.3 is 15.5 Å². The molecule has 1 fully saturated rings. The smallest absolute Gasteiger partial charge is 0.356 e. The number of rotatable bonds is 7. The van der Waals surface area contributed by atoms with Gasteiger partial charge in [0.2, 0.25) is 0 Å². The van der Waals surface area contributed by atoms with Gasteiger partial charge in [-0.2, -0.15) is 17.5 Å². The molecule has 13 heteroatoms. The summed E-state index contributed by atoms with van der Waals surface area (Å²) in [6.45, 7) is 2.99. The van der Waals surface area contributed by atoms with Gasteiger partial charge in [0, 0.05) is 50.7 Å². The molecule has 0 spiro atoms. The zero-order valence-electron chi connectivity index (χ0n) is 16.3. The number of hydrogen-bond acceptors (Lipinski definition) is 5. The van der Waals surface area contributed by atoms with E-state index in [0.717, 1.165) is 30.1 Å². The van der Waals surface area contributed by atoms with Crippen molar-refractivity contribution in [2.45, 2.75) is 38.1 Å². The Bertz CT molecular complexity index is 763. The number of halogens is 4. The first kappa shape index (κ1) is 26.4. The molecular formula is C16H27F3IN5O2S2. The third-order valence-electron chi connectivity index (χ3n) is 4.51. The molecule has 0 unspecified atom stereocenters. The van der Waals surface area contributed by atoms with Crippen LogP contribution in [0.25, 0.3) is 0 Å². The maximum Gasteiger partial charge on any atom is 0.511 e. The third-order valence-corrected chi connectivity index (χ3v) is 7.17. The number of nitrogens with one attached hydrogen (secondary N) is 2. The fourth-order valence-corrected chi connectivity index (χ4v) is 4.73. The first-order chi connectivity index (χ1) is 13.1. The largest absolute Gasteiger partial charge is 0.511 e. The number of aromatic nitrogens is 1. The molecule has 1 aromatic heterocycles. The van der Waals surface area contributed by atoms with E-state index in [0.29, 0.717) is 29.7 Å². The molecule has 0 radical (unpaired) electrons. The van der Waals surface area contributed by atoms with Gasteiger partial charge in [0.15, 0.2) is 5.96 Å². The Morgan fingerprint density at radius 3 is 2.52 bits per heavy atom. The molecule has 1 aliphatic heterocycles. The van der Waals surface area contributed by atoms with E-state index in [-0.39, 0.29) is 43.0 Å². The molecular weight excluding hydrogens is 542 g/mol. The van der Waals surface area contributed by atoms with Crippen LogP contribution in [0.5, 0.6) is 0 Å². The zero-order valence-corrected chi connectivity index (χ0v) is 20.3. The number of guanidine groups is 1. The molecule has 0 bridgehead atoms.